The molecule has 0 aliphatic heterocycles. The minimum absolute atomic E-state index is 0.209. The van der Waals surface area contributed by atoms with Gasteiger partial charge in [0.1, 0.15) is 29.2 Å². The molecule has 4 rings (SSSR count). The summed E-state index contributed by atoms with van der Waals surface area (Å²) in [5, 5.41) is 13.0. The Morgan fingerprint density at radius 1 is 1.21 bits per heavy atom. The molecule has 148 valence electrons. The molecule has 2 heterocycles. The zero-order valence-corrected chi connectivity index (χ0v) is 17.3. The lowest BCUT2D eigenvalue weighted by Gasteiger charge is -2.10. The number of nitrogens with one attached hydrogen (secondary N) is 1. The van der Waals surface area contributed by atoms with Crippen LogP contribution in [0.15, 0.2) is 34.7 Å². The van der Waals surface area contributed by atoms with Gasteiger partial charge in [-0.1, -0.05) is 18.2 Å². The van der Waals surface area contributed by atoms with Crippen LogP contribution in [0.3, 0.4) is 0 Å². The molecule has 0 bridgehead atoms. The summed E-state index contributed by atoms with van der Waals surface area (Å²) in [5.74, 6) is 1.26. The van der Waals surface area contributed by atoms with E-state index in [0.29, 0.717) is 16.3 Å². The first kappa shape index (κ1) is 19.3. The minimum atomic E-state index is -0.349. The molecule has 1 aromatic carbocycles. The molecule has 29 heavy (non-hydrogen) atoms. The number of thiophene rings is 1. The first-order valence-corrected chi connectivity index (χ1v) is 10.5. The molecule has 0 saturated carbocycles. The van der Waals surface area contributed by atoms with Gasteiger partial charge in [0.05, 0.1) is 5.56 Å². The molecule has 1 N–H and O–H groups in total. The molecular weight excluding hydrogens is 384 g/mol. The van der Waals surface area contributed by atoms with Crippen LogP contribution in [0.1, 0.15) is 56.3 Å². The van der Waals surface area contributed by atoms with Crippen molar-refractivity contribution in [3.05, 3.63) is 69.0 Å². The molecular formula is C23H22N2O3S. The lowest BCUT2D eigenvalue weighted by atomic mass is 9.96. The van der Waals surface area contributed by atoms with E-state index in [-0.39, 0.29) is 18.3 Å². The number of furan rings is 1. The molecule has 0 unspecified atom stereocenters. The van der Waals surface area contributed by atoms with Crippen LogP contribution in [0, 0.1) is 25.2 Å². The highest BCUT2D eigenvalue weighted by Crippen LogP contribution is 2.37. The molecule has 5 nitrogen and oxygen atoms in total. The number of hydrogen-bond donors (Lipinski definition) is 1. The second kappa shape index (κ2) is 8.14. The number of benzene rings is 1. The second-order valence-corrected chi connectivity index (χ2v) is 8.36. The molecule has 0 spiro atoms. The largest absolute Gasteiger partial charge is 0.485 e. The van der Waals surface area contributed by atoms with Crippen LogP contribution in [-0.4, -0.2) is 5.91 Å². The number of ether oxygens (including phenoxy) is 1. The van der Waals surface area contributed by atoms with E-state index in [1.54, 1.807) is 12.1 Å². The Labute approximate surface area is 173 Å². The average Bonchev–Trinajstić information content (AvgIpc) is 3.31. The number of aryl methyl sites for hydroxylation is 3. The van der Waals surface area contributed by atoms with Gasteiger partial charge in [-0.25, -0.2) is 0 Å². The topological polar surface area (TPSA) is 75.3 Å². The maximum Gasteiger partial charge on any atom is 0.292 e. The number of nitrogens with zero attached hydrogens (tertiary/aromatic N) is 1. The number of nitriles is 1. The fourth-order valence-electron chi connectivity index (χ4n) is 3.68. The maximum absolute atomic E-state index is 12.6. The van der Waals surface area contributed by atoms with Crippen LogP contribution in [0.25, 0.3) is 0 Å². The van der Waals surface area contributed by atoms with Crippen LogP contribution in [-0.2, 0) is 19.4 Å². The summed E-state index contributed by atoms with van der Waals surface area (Å²) in [5.41, 5.74) is 3.81. The first-order chi connectivity index (χ1) is 14.1. The van der Waals surface area contributed by atoms with Gasteiger partial charge in [-0.3, -0.25) is 4.79 Å². The lowest BCUT2D eigenvalue weighted by Crippen LogP contribution is -2.11. The third-order valence-corrected chi connectivity index (χ3v) is 6.37. The fourth-order valence-corrected chi connectivity index (χ4v) is 4.92. The van der Waals surface area contributed by atoms with Gasteiger partial charge < -0.3 is 14.5 Å². The van der Waals surface area contributed by atoms with E-state index in [1.807, 2.05) is 32.0 Å². The van der Waals surface area contributed by atoms with Gasteiger partial charge in [0.2, 0.25) is 0 Å². The van der Waals surface area contributed by atoms with Crippen LogP contribution >= 0.6 is 11.3 Å². The highest BCUT2D eigenvalue weighted by molar-refractivity contribution is 7.16. The SMILES string of the molecule is Cc1cccc(C)c1OCc1ccc(C(=O)Nc2sc3c(c2C#N)CCCC3)o1. The third-order valence-electron chi connectivity index (χ3n) is 5.16. The van der Waals surface area contributed by atoms with Crippen molar-refractivity contribution >= 4 is 22.2 Å². The third kappa shape index (κ3) is 3.92. The number of hydrogen-bond acceptors (Lipinski definition) is 5. The highest BCUT2D eigenvalue weighted by atomic mass is 32.1. The van der Waals surface area contributed by atoms with E-state index in [2.05, 4.69) is 11.4 Å². The lowest BCUT2D eigenvalue weighted by molar-refractivity contribution is 0.0993. The zero-order valence-electron chi connectivity index (χ0n) is 16.5. The van der Waals surface area contributed by atoms with E-state index in [1.165, 1.54) is 16.2 Å². The summed E-state index contributed by atoms with van der Waals surface area (Å²) in [7, 11) is 0. The normalized spacial score (nSPS) is 12.9. The number of carbonyl (C=O) groups is 1. The van der Waals surface area contributed by atoms with E-state index >= 15 is 0 Å². The van der Waals surface area contributed by atoms with Crippen molar-refractivity contribution in [1.29, 1.82) is 5.26 Å². The molecule has 0 saturated heterocycles. The summed E-state index contributed by atoms with van der Waals surface area (Å²) >= 11 is 1.51. The first-order valence-electron chi connectivity index (χ1n) is 9.70. The highest BCUT2D eigenvalue weighted by Gasteiger charge is 2.23. The van der Waals surface area contributed by atoms with Gasteiger partial charge in [-0.2, -0.15) is 5.26 Å². The summed E-state index contributed by atoms with van der Waals surface area (Å²) in [6.07, 6.45) is 4.11. The second-order valence-electron chi connectivity index (χ2n) is 7.26. The quantitative estimate of drug-likeness (QED) is 0.604. The van der Waals surface area contributed by atoms with E-state index in [9.17, 15) is 10.1 Å². The Hall–Kier alpha value is -3.04. The van der Waals surface area contributed by atoms with Gasteiger partial charge in [-0.05, 0) is 68.4 Å². The Balaban J connectivity index is 1.45. The van der Waals surface area contributed by atoms with Gasteiger partial charge in [0, 0.05) is 4.88 Å². The molecule has 1 aliphatic carbocycles. The number of fused-ring (bicyclic) bond motifs is 1. The van der Waals surface area contributed by atoms with Crippen molar-refractivity contribution in [2.45, 2.75) is 46.1 Å². The Bertz CT molecular complexity index is 1080. The predicted octanol–water partition coefficient (Wildman–Crippen LogP) is 5.54. The summed E-state index contributed by atoms with van der Waals surface area (Å²) < 4.78 is 11.6. The van der Waals surface area contributed by atoms with Gasteiger partial charge in [-0.15, -0.1) is 11.3 Å². The number of anilines is 1. The van der Waals surface area contributed by atoms with Crippen molar-refractivity contribution in [3.63, 3.8) is 0 Å². The van der Waals surface area contributed by atoms with E-state index in [0.717, 1.165) is 48.1 Å². The number of amides is 1. The van der Waals surface area contributed by atoms with Crippen LogP contribution in [0.2, 0.25) is 0 Å². The zero-order chi connectivity index (χ0) is 20.4. The van der Waals surface area contributed by atoms with E-state index in [4.69, 9.17) is 9.15 Å². The maximum atomic E-state index is 12.6. The van der Waals surface area contributed by atoms with Crippen molar-refractivity contribution in [1.82, 2.24) is 0 Å². The Morgan fingerprint density at radius 2 is 1.97 bits per heavy atom. The fraction of sp³-hybridized carbons (Fsp3) is 0.304. The van der Waals surface area contributed by atoms with Crippen LogP contribution < -0.4 is 10.1 Å². The molecule has 0 radical (unpaired) electrons. The van der Waals surface area contributed by atoms with Gasteiger partial charge in [0.25, 0.3) is 5.91 Å². The van der Waals surface area contributed by atoms with Crippen LogP contribution in [0.4, 0.5) is 5.00 Å². The van der Waals surface area contributed by atoms with Crippen molar-refractivity contribution in [2.75, 3.05) is 5.32 Å². The molecule has 3 aromatic rings. The summed E-state index contributed by atoms with van der Waals surface area (Å²) in [6, 6.07) is 11.6. The average molecular weight is 407 g/mol. The predicted molar refractivity (Wildman–Crippen MR) is 113 cm³/mol. The molecule has 0 atom stereocenters. The summed E-state index contributed by atoms with van der Waals surface area (Å²) in [4.78, 5) is 13.9. The molecule has 1 amide bonds. The van der Waals surface area contributed by atoms with Crippen LogP contribution in [0.5, 0.6) is 5.75 Å². The summed E-state index contributed by atoms with van der Waals surface area (Å²) in [6.45, 7) is 4.24. The smallest absolute Gasteiger partial charge is 0.292 e. The van der Waals surface area contributed by atoms with Gasteiger partial charge in [0.15, 0.2) is 5.76 Å². The minimum Gasteiger partial charge on any atom is -0.485 e. The molecule has 2 aromatic heterocycles. The Morgan fingerprint density at radius 3 is 2.72 bits per heavy atom. The molecule has 6 heteroatoms. The van der Waals surface area contributed by atoms with Crippen molar-refractivity contribution < 1.29 is 13.9 Å². The number of rotatable bonds is 5. The van der Waals surface area contributed by atoms with Crippen molar-refractivity contribution in [3.8, 4) is 11.8 Å². The van der Waals surface area contributed by atoms with Gasteiger partial charge >= 0.3 is 0 Å². The standard InChI is InChI=1S/C23H22N2O3S/c1-14-6-5-7-15(2)21(14)27-13-16-10-11-19(28-16)22(26)25-23-18(12-24)17-8-3-4-9-20(17)29-23/h5-7,10-11H,3-4,8-9,13H2,1-2H3,(H,25,26). The Kier molecular flexibility index (Phi) is 5.41. The number of para-hydroxylation sites is 1. The number of carbonyl (C=O) groups excluding carboxylic acids is 1. The van der Waals surface area contributed by atoms with E-state index < -0.39 is 0 Å². The van der Waals surface area contributed by atoms with Crippen molar-refractivity contribution in [2.24, 2.45) is 0 Å². The molecule has 0 fully saturated rings. The molecule has 1 aliphatic rings. The monoisotopic (exact) mass is 406 g/mol.